The first kappa shape index (κ1) is 24.2. The van der Waals surface area contributed by atoms with Crippen molar-refractivity contribution in [2.75, 3.05) is 39.3 Å². The predicted octanol–water partition coefficient (Wildman–Crippen LogP) is 2.80. The second-order valence-electron chi connectivity index (χ2n) is 7.22. The van der Waals surface area contributed by atoms with E-state index in [0.29, 0.717) is 12.6 Å². The van der Waals surface area contributed by atoms with Crippen LogP contribution in [0.25, 0.3) is 0 Å². The Bertz CT molecular complexity index is 561. The number of hydrogen-bond donors (Lipinski definition) is 3. The highest BCUT2D eigenvalue weighted by Gasteiger charge is 2.09. The number of aryl methyl sites for hydroxylation is 1. The summed E-state index contributed by atoms with van der Waals surface area (Å²) in [5.41, 5.74) is 1.14. The molecule has 3 N–H and O–H groups in total. The monoisotopic (exact) mass is 392 g/mol. The maximum Gasteiger partial charge on any atom is 0.191 e. The van der Waals surface area contributed by atoms with Gasteiger partial charge in [-0.15, -0.1) is 0 Å². The van der Waals surface area contributed by atoms with Crippen LogP contribution < -0.4 is 15.4 Å². The number of ether oxygens (including phenoxy) is 1. The Hall–Kier alpha value is -1.79. The average Bonchev–Trinajstić information content (AvgIpc) is 2.68. The molecular weight excluding hydrogens is 352 g/mol. The molecule has 1 aromatic rings. The molecule has 0 bridgehead atoms. The summed E-state index contributed by atoms with van der Waals surface area (Å²) < 4.78 is 5.65. The van der Waals surface area contributed by atoms with Crippen molar-refractivity contribution in [2.24, 2.45) is 4.99 Å². The van der Waals surface area contributed by atoms with Crippen molar-refractivity contribution in [1.82, 2.24) is 15.5 Å². The third-order valence-corrected chi connectivity index (χ3v) is 4.63. The zero-order chi connectivity index (χ0) is 20.8. The van der Waals surface area contributed by atoms with E-state index in [1.165, 1.54) is 0 Å². The van der Waals surface area contributed by atoms with Crippen molar-refractivity contribution in [3.05, 3.63) is 29.8 Å². The molecule has 28 heavy (non-hydrogen) atoms. The van der Waals surface area contributed by atoms with Gasteiger partial charge in [-0.3, -0.25) is 4.99 Å². The SMILES string of the molecule is CCNC(=NCC(O)COc1cccc(C)c1)NC(C)CCCN(CC)CC. The van der Waals surface area contributed by atoms with E-state index in [4.69, 9.17) is 4.74 Å². The van der Waals surface area contributed by atoms with E-state index in [-0.39, 0.29) is 6.61 Å². The molecule has 0 fully saturated rings. The molecule has 0 aromatic heterocycles. The summed E-state index contributed by atoms with van der Waals surface area (Å²) in [6.45, 7) is 15.3. The molecule has 0 saturated heterocycles. The molecule has 1 rings (SSSR count). The highest BCUT2D eigenvalue weighted by Crippen LogP contribution is 2.12. The van der Waals surface area contributed by atoms with E-state index >= 15 is 0 Å². The van der Waals surface area contributed by atoms with Gasteiger partial charge in [0.05, 0.1) is 6.54 Å². The van der Waals surface area contributed by atoms with Crippen molar-refractivity contribution in [3.8, 4) is 5.75 Å². The smallest absolute Gasteiger partial charge is 0.191 e. The van der Waals surface area contributed by atoms with E-state index in [1.807, 2.05) is 38.1 Å². The number of aliphatic hydroxyl groups excluding tert-OH is 1. The standard InChI is InChI=1S/C22H40N4O2/c1-6-23-22(25-19(5)12-10-14-26(7-2)8-3)24-16-20(27)17-28-21-13-9-11-18(4)15-21/h9,11,13,15,19-20,27H,6-8,10,12,14,16-17H2,1-5H3,(H2,23,24,25). The second kappa shape index (κ2) is 14.2. The van der Waals surface area contributed by atoms with Gasteiger partial charge in [0, 0.05) is 12.6 Å². The topological polar surface area (TPSA) is 69.1 Å². The summed E-state index contributed by atoms with van der Waals surface area (Å²) in [6, 6.07) is 8.15. The van der Waals surface area contributed by atoms with Gasteiger partial charge >= 0.3 is 0 Å². The Morgan fingerprint density at radius 3 is 2.64 bits per heavy atom. The summed E-state index contributed by atoms with van der Waals surface area (Å²) >= 11 is 0. The molecule has 6 nitrogen and oxygen atoms in total. The molecule has 160 valence electrons. The minimum absolute atomic E-state index is 0.228. The molecule has 2 unspecified atom stereocenters. The summed E-state index contributed by atoms with van der Waals surface area (Å²) in [5.74, 6) is 1.52. The van der Waals surface area contributed by atoms with Crippen molar-refractivity contribution < 1.29 is 9.84 Å². The van der Waals surface area contributed by atoms with Gasteiger partial charge in [-0.25, -0.2) is 0 Å². The Kier molecular flexibility index (Phi) is 12.3. The number of aliphatic imine (C=N–C) groups is 1. The Labute approximate surface area is 171 Å². The van der Waals surface area contributed by atoms with Crippen molar-refractivity contribution >= 4 is 5.96 Å². The molecule has 0 saturated carbocycles. The molecule has 0 aliphatic heterocycles. The fourth-order valence-corrected chi connectivity index (χ4v) is 2.93. The van der Waals surface area contributed by atoms with Gasteiger partial charge in [0.15, 0.2) is 5.96 Å². The number of guanidine groups is 1. The van der Waals surface area contributed by atoms with Crippen LogP contribution >= 0.6 is 0 Å². The minimum atomic E-state index is -0.644. The first-order valence-electron chi connectivity index (χ1n) is 10.6. The third kappa shape index (κ3) is 10.5. The molecule has 0 aliphatic carbocycles. The lowest BCUT2D eigenvalue weighted by Crippen LogP contribution is -2.43. The number of aliphatic hydroxyl groups is 1. The molecule has 1 aromatic carbocycles. The van der Waals surface area contributed by atoms with Crippen LogP contribution in [0.1, 0.15) is 46.1 Å². The fraction of sp³-hybridized carbons (Fsp3) is 0.682. The highest BCUT2D eigenvalue weighted by atomic mass is 16.5. The molecule has 0 aliphatic rings. The minimum Gasteiger partial charge on any atom is -0.491 e. The van der Waals surface area contributed by atoms with Crippen LogP contribution in [-0.4, -0.2) is 67.4 Å². The number of nitrogens with one attached hydrogen (secondary N) is 2. The fourth-order valence-electron chi connectivity index (χ4n) is 2.93. The summed E-state index contributed by atoms with van der Waals surface area (Å²) in [4.78, 5) is 6.95. The molecule has 0 spiro atoms. The first-order valence-corrected chi connectivity index (χ1v) is 10.6. The summed E-state index contributed by atoms with van der Waals surface area (Å²) in [7, 11) is 0. The van der Waals surface area contributed by atoms with Crippen molar-refractivity contribution in [1.29, 1.82) is 0 Å². The number of benzene rings is 1. The normalized spacial score (nSPS) is 14.0. The van der Waals surface area contributed by atoms with Crippen LogP contribution in [0.5, 0.6) is 5.75 Å². The quantitative estimate of drug-likeness (QED) is 0.356. The third-order valence-electron chi connectivity index (χ3n) is 4.63. The van der Waals surface area contributed by atoms with Gasteiger partial charge in [-0.1, -0.05) is 26.0 Å². The van der Waals surface area contributed by atoms with Crippen molar-refractivity contribution in [2.45, 2.75) is 59.6 Å². The number of rotatable bonds is 13. The lowest BCUT2D eigenvalue weighted by atomic mass is 10.2. The first-order chi connectivity index (χ1) is 13.5. The zero-order valence-electron chi connectivity index (χ0n) is 18.4. The molecule has 2 atom stereocenters. The van der Waals surface area contributed by atoms with E-state index < -0.39 is 6.10 Å². The van der Waals surface area contributed by atoms with E-state index in [0.717, 1.165) is 56.3 Å². The molecule has 0 radical (unpaired) electrons. The van der Waals surface area contributed by atoms with Crippen LogP contribution in [-0.2, 0) is 0 Å². The van der Waals surface area contributed by atoms with Crippen LogP contribution in [0.4, 0.5) is 0 Å². The highest BCUT2D eigenvalue weighted by molar-refractivity contribution is 5.80. The largest absolute Gasteiger partial charge is 0.491 e. The van der Waals surface area contributed by atoms with Gasteiger partial charge in [0.1, 0.15) is 18.5 Å². The van der Waals surface area contributed by atoms with Gasteiger partial charge < -0.3 is 25.4 Å². The van der Waals surface area contributed by atoms with E-state index in [9.17, 15) is 5.11 Å². The maximum atomic E-state index is 10.2. The van der Waals surface area contributed by atoms with E-state index in [2.05, 4.69) is 41.3 Å². The number of nitrogens with zero attached hydrogens (tertiary/aromatic N) is 2. The van der Waals surface area contributed by atoms with Gasteiger partial charge in [0.25, 0.3) is 0 Å². The molecule has 0 amide bonds. The van der Waals surface area contributed by atoms with Gasteiger partial charge in [0.2, 0.25) is 0 Å². The maximum absolute atomic E-state index is 10.2. The molecule has 0 heterocycles. The van der Waals surface area contributed by atoms with Crippen LogP contribution in [0.3, 0.4) is 0 Å². The Morgan fingerprint density at radius 1 is 1.25 bits per heavy atom. The van der Waals surface area contributed by atoms with Crippen molar-refractivity contribution in [3.63, 3.8) is 0 Å². The van der Waals surface area contributed by atoms with E-state index in [1.54, 1.807) is 0 Å². The second-order valence-corrected chi connectivity index (χ2v) is 7.22. The van der Waals surface area contributed by atoms with Crippen LogP contribution in [0.2, 0.25) is 0 Å². The van der Waals surface area contributed by atoms with Crippen LogP contribution in [0, 0.1) is 6.92 Å². The molecular formula is C22H40N4O2. The summed E-state index contributed by atoms with van der Waals surface area (Å²) in [5, 5.41) is 16.9. The van der Waals surface area contributed by atoms with Crippen LogP contribution in [0.15, 0.2) is 29.3 Å². The van der Waals surface area contributed by atoms with Gasteiger partial charge in [-0.2, -0.15) is 0 Å². The van der Waals surface area contributed by atoms with Gasteiger partial charge in [-0.05, 0) is 70.9 Å². The number of hydrogen-bond acceptors (Lipinski definition) is 4. The molecule has 6 heteroatoms. The summed E-state index contributed by atoms with van der Waals surface area (Å²) in [6.07, 6.45) is 1.59. The predicted molar refractivity (Wildman–Crippen MR) is 118 cm³/mol. The lowest BCUT2D eigenvalue weighted by Gasteiger charge is -2.21. The Balaban J connectivity index is 2.40. The lowest BCUT2D eigenvalue weighted by molar-refractivity contribution is 0.114. The Morgan fingerprint density at radius 2 is 2.00 bits per heavy atom. The average molecular weight is 393 g/mol. The zero-order valence-corrected chi connectivity index (χ0v) is 18.4.